The van der Waals surface area contributed by atoms with Crippen LogP contribution in [0, 0.1) is 11.3 Å². The fourth-order valence-electron chi connectivity index (χ4n) is 0.969. The lowest BCUT2D eigenvalue weighted by Gasteiger charge is -2.15. The van der Waals surface area contributed by atoms with Crippen molar-refractivity contribution in [3.63, 3.8) is 0 Å². The average molecular weight is 174 g/mol. The molecule has 13 heavy (non-hydrogen) atoms. The quantitative estimate of drug-likeness (QED) is 0.641. The van der Waals surface area contributed by atoms with Gasteiger partial charge in [-0.25, -0.2) is 9.97 Å². The lowest BCUT2D eigenvalue weighted by atomic mass is 10.4. The lowest BCUT2D eigenvalue weighted by Crippen LogP contribution is -2.19. The topological polar surface area (TPSA) is 52.8 Å². The number of anilines is 1. The Kier molecular flexibility index (Phi) is 2.98. The normalized spacial score (nSPS) is 8.92. The van der Waals surface area contributed by atoms with Gasteiger partial charge in [0.25, 0.3) is 0 Å². The van der Waals surface area contributed by atoms with Crippen molar-refractivity contribution in [1.82, 2.24) is 9.97 Å². The van der Waals surface area contributed by atoms with Crippen molar-refractivity contribution in [2.75, 3.05) is 18.5 Å². The fraction of sp³-hybridized carbons (Fsp3) is 0.222. The molecule has 0 fully saturated rings. The Morgan fingerprint density at radius 2 is 2.31 bits per heavy atom. The molecule has 0 bridgehead atoms. The molecular formula is C9H10N4. The highest BCUT2D eigenvalue weighted by Crippen LogP contribution is 2.10. The molecule has 0 atom stereocenters. The minimum Gasteiger partial charge on any atom is -0.354 e. The number of nitriles is 1. The van der Waals surface area contributed by atoms with E-state index in [0.29, 0.717) is 18.1 Å². The third-order valence-corrected chi connectivity index (χ3v) is 1.55. The second kappa shape index (κ2) is 4.21. The number of nitrogens with zero attached hydrogens (tertiary/aromatic N) is 4. The molecule has 66 valence electrons. The van der Waals surface area contributed by atoms with Crippen molar-refractivity contribution in [2.45, 2.75) is 0 Å². The number of hydrogen-bond donors (Lipinski definition) is 0. The van der Waals surface area contributed by atoms with Crippen LogP contribution in [-0.2, 0) is 0 Å². The third-order valence-electron chi connectivity index (χ3n) is 1.55. The van der Waals surface area contributed by atoms with Crippen LogP contribution in [0.15, 0.2) is 25.0 Å². The van der Waals surface area contributed by atoms with Gasteiger partial charge in [-0.15, -0.1) is 6.58 Å². The van der Waals surface area contributed by atoms with Gasteiger partial charge in [0, 0.05) is 26.0 Å². The van der Waals surface area contributed by atoms with E-state index < -0.39 is 0 Å². The summed E-state index contributed by atoms with van der Waals surface area (Å²) < 4.78 is 0. The summed E-state index contributed by atoms with van der Waals surface area (Å²) in [5.41, 5.74) is 0.340. The highest BCUT2D eigenvalue weighted by Gasteiger charge is 2.07. The zero-order chi connectivity index (χ0) is 9.68. The molecule has 0 N–H and O–H groups in total. The first-order valence-electron chi connectivity index (χ1n) is 3.82. The van der Waals surface area contributed by atoms with E-state index in [1.807, 2.05) is 18.0 Å². The Morgan fingerprint density at radius 1 is 1.62 bits per heavy atom. The summed E-state index contributed by atoms with van der Waals surface area (Å²) in [7, 11) is 1.84. The Bertz CT molecular complexity index is 340. The Hall–Kier alpha value is -1.89. The van der Waals surface area contributed by atoms with Gasteiger partial charge in [0.15, 0.2) is 11.5 Å². The molecule has 4 heteroatoms. The maximum atomic E-state index is 8.73. The minimum absolute atomic E-state index is 0.340. The van der Waals surface area contributed by atoms with Gasteiger partial charge >= 0.3 is 0 Å². The van der Waals surface area contributed by atoms with Gasteiger partial charge in [-0.05, 0) is 0 Å². The molecule has 0 spiro atoms. The van der Waals surface area contributed by atoms with Crippen LogP contribution < -0.4 is 4.90 Å². The summed E-state index contributed by atoms with van der Waals surface area (Å²) in [6.45, 7) is 4.26. The van der Waals surface area contributed by atoms with Gasteiger partial charge in [-0.3, -0.25) is 0 Å². The summed E-state index contributed by atoms with van der Waals surface area (Å²) in [6, 6.07) is 1.99. The van der Waals surface area contributed by atoms with E-state index in [2.05, 4.69) is 16.5 Å². The van der Waals surface area contributed by atoms with Gasteiger partial charge in [0.05, 0.1) is 0 Å². The first-order valence-corrected chi connectivity index (χ1v) is 3.82. The molecule has 1 aromatic heterocycles. The molecule has 0 amide bonds. The summed E-state index contributed by atoms with van der Waals surface area (Å²) in [5.74, 6) is 0.588. The predicted molar refractivity (Wildman–Crippen MR) is 50.2 cm³/mol. The molecule has 0 saturated heterocycles. The van der Waals surface area contributed by atoms with E-state index in [1.54, 1.807) is 12.3 Å². The zero-order valence-electron chi connectivity index (χ0n) is 7.44. The number of hydrogen-bond acceptors (Lipinski definition) is 4. The van der Waals surface area contributed by atoms with Crippen LogP contribution in [0.3, 0.4) is 0 Å². The van der Waals surface area contributed by atoms with E-state index in [1.165, 1.54) is 6.20 Å². The molecule has 0 aliphatic rings. The molecule has 0 unspecified atom stereocenters. The van der Waals surface area contributed by atoms with Crippen LogP contribution in [0.25, 0.3) is 0 Å². The second-order valence-electron chi connectivity index (χ2n) is 2.51. The number of aromatic nitrogens is 2. The summed E-state index contributed by atoms with van der Waals surface area (Å²) >= 11 is 0. The monoisotopic (exact) mass is 174 g/mol. The Labute approximate surface area is 77.2 Å². The Balaban J connectivity index is 2.99. The summed E-state index contributed by atoms with van der Waals surface area (Å²) in [5, 5.41) is 8.73. The highest BCUT2D eigenvalue weighted by molar-refractivity contribution is 5.48. The molecular weight excluding hydrogens is 164 g/mol. The lowest BCUT2D eigenvalue weighted by molar-refractivity contribution is 0.967. The molecule has 0 saturated carbocycles. The molecule has 0 aliphatic heterocycles. The van der Waals surface area contributed by atoms with Crippen molar-refractivity contribution in [3.05, 3.63) is 30.7 Å². The van der Waals surface area contributed by atoms with Gasteiger partial charge in [-0.1, -0.05) is 6.08 Å². The van der Waals surface area contributed by atoms with Crippen LogP contribution >= 0.6 is 0 Å². The first-order chi connectivity index (χ1) is 6.29. The van der Waals surface area contributed by atoms with Crippen molar-refractivity contribution >= 4 is 5.82 Å². The van der Waals surface area contributed by atoms with Crippen LogP contribution in [0.5, 0.6) is 0 Å². The van der Waals surface area contributed by atoms with Crippen LogP contribution in [0.1, 0.15) is 5.69 Å². The van der Waals surface area contributed by atoms with Gasteiger partial charge in [0.2, 0.25) is 0 Å². The first kappa shape index (κ1) is 9.20. The van der Waals surface area contributed by atoms with Crippen molar-refractivity contribution < 1.29 is 0 Å². The van der Waals surface area contributed by atoms with E-state index >= 15 is 0 Å². The zero-order valence-corrected chi connectivity index (χ0v) is 7.44. The van der Waals surface area contributed by atoms with Crippen LogP contribution in [-0.4, -0.2) is 23.6 Å². The maximum absolute atomic E-state index is 8.73. The number of likely N-dealkylation sites (N-methyl/N-ethyl adjacent to an activating group) is 1. The van der Waals surface area contributed by atoms with Crippen molar-refractivity contribution in [3.8, 4) is 6.07 Å². The summed E-state index contributed by atoms with van der Waals surface area (Å²) in [4.78, 5) is 9.78. The fourth-order valence-corrected chi connectivity index (χ4v) is 0.969. The highest BCUT2D eigenvalue weighted by atomic mass is 15.2. The largest absolute Gasteiger partial charge is 0.354 e. The molecule has 0 aliphatic carbocycles. The minimum atomic E-state index is 0.340. The maximum Gasteiger partial charge on any atom is 0.183 e. The predicted octanol–water partition coefficient (Wildman–Crippen LogP) is 0.970. The van der Waals surface area contributed by atoms with Gasteiger partial charge in [-0.2, -0.15) is 5.26 Å². The SMILES string of the molecule is C=CCN(C)c1nccnc1C#N. The third kappa shape index (κ3) is 2.03. The van der Waals surface area contributed by atoms with E-state index in [0.717, 1.165) is 0 Å². The van der Waals surface area contributed by atoms with E-state index in [-0.39, 0.29) is 0 Å². The molecule has 1 aromatic rings. The molecule has 0 radical (unpaired) electrons. The summed E-state index contributed by atoms with van der Waals surface area (Å²) in [6.07, 6.45) is 4.81. The van der Waals surface area contributed by atoms with Crippen molar-refractivity contribution in [1.29, 1.82) is 5.26 Å². The van der Waals surface area contributed by atoms with Gasteiger partial charge < -0.3 is 4.90 Å². The molecule has 4 nitrogen and oxygen atoms in total. The molecule has 0 aromatic carbocycles. The molecule has 1 heterocycles. The van der Waals surface area contributed by atoms with Crippen molar-refractivity contribution in [2.24, 2.45) is 0 Å². The second-order valence-corrected chi connectivity index (χ2v) is 2.51. The smallest absolute Gasteiger partial charge is 0.183 e. The average Bonchev–Trinajstić information content (AvgIpc) is 2.18. The van der Waals surface area contributed by atoms with Crippen LogP contribution in [0.4, 0.5) is 5.82 Å². The van der Waals surface area contributed by atoms with Gasteiger partial charge in [0.1, 0.15) is 6.07 Å². The van der Waals surface area contributed by atoms with Crippen LogP contribution in [0.2, 0.25) is 0 Å². The Morgan fingerprint density at radius 3 is 2.92 bits per heavy atom. The number of rotatable bonds is 3. The van der Waals surface area contributed by atoms with E-state index in [4.69, 9.17) is 5.26 Å². The standard InChI is InChI=1S/C9H10N4/c1-3-6-13(2)9-8(7-10)11-4-5-12-9/h3-5H,1,6H2,2H3. The van der Waals surface area contributed by atoms with E-state index in [9.17, 15) is 0 Å². The molecule has 1 rings (SSSR count).